The van der Waals surface area contributed by atoms with E-state index in [0.29, 0.717) is 5.69 Å². The van der Waals surface area contributed by atoms with Gasteiger partial charge in [0.1, 0.15) is 5.69 Å². The van der Waals surface area contributed by atoms with Crippen LogP contribution in [0, 0.1) is 0 Å². The number of aromatic nitrogens is 1. The van der Waals surface area contributed by atoms with Crippen molar-refractivity contribution in [2.75, 3.05) is 0 Å². The summed E-state index contributed by atoms with van der Waals surface area (Å²) < 4.78 is 1.01. The fourth-order valence-corrected chi connectivity index (χ4v) is 2.01. The minimum atomic E-state index is -0.0494. The van der Waals surface area contributed by atoms with Crippen LogP contribution in [0.25, 0.3) is 10.9 Å². The SMILES string of the molecule is CC[C@@H](C)NC(=O)c1cc2cc(Br)ccc2[nH]1. The highest BCUT2D eigenvalue weighted by molar-refractivity contribution is 9.10. The summed E-state index contributed by atoms with van der Waals surface area (Å²) in [7, 11) is 0. The number of fused-ring (bicyclic) bond motifs is 1. The van der Waals surface area contributed by atoms with Gasteiger partial charge in [-0.1, -0.05) is 22.9 Å². The lowest BCUT2D eigenvalue weighted by atomic mass is 10.2. The normalized spacial score (nSPS) is 12.6. The van der Waals surface area contributed by atoms with Gasteiger partial charge in [-0.05, 0) is 37.6 Å². The minimum absolute atomic E-state index is 0.0494. The van der Waals surface area contributed by atoms with Gasteiger partial charge in [-0.25, -0.2) is 0 Å². The molecule has 1 amide bonds. The molecule has 4 heteroatoms. The van der Waals surface area contributed by atoms with Crippen LogP contribution in [0.15, 0.2) is 28.7 Å². The summed E-state index contributed by atoms with van der Waals surface area (Å²) in [6, 6.07) is 7.97. The molecule has 1 aromatic carbocycles. The number of hydrogen-bond donors (Lipinski definition) is 2. The Kier molecular flexibility index (Phi) is 3.52. The first-order chi connectivity index (χ1) is 8.10. The highest BCUT2D eigenvalue weighted by Gasteiger charge is 2.11. The summed E-state index contributed by atoms with van der Waals surface area (Å²) in [5.41, 5.74) is 1.58. The molecule has 0 saturated carbocycles. The number of halogens is 1. The summed E-state index contributed by atoms with van der Waals surface area (Å²) >= 11 is 3.42. The highest BCUT2D eigenvalue weighted by Crippen LogP contribution is 2.20. The topological polar surface area (TPSA) is 44.9 Å². The van der Waals surface area contributed by atoms with Crippen molar-refractivity contribution in [3.63, 3.8) is 0 Å². The minimum Gasteiger partial charge on any atom is -0.351 e. The Labute approximate surface area is 109 Å². The predicted molar refractivity (Wildman–Crippen MR) is 73.2 cm³/mol. The summed E-state index contributed by atoms with van der Waals surface area (Å²) in [5.74, 6) is -0.0494. The summed E-state index contributed by atoms with van der Waals surface area (Å²) in [5, 5.41) is 3.98. The molecule has 1 atom stereocenters. The molecule has 3 nitrogen and oxygen atoms in total. The van der Waals surface area contributed by atoms with Crippen LogP contribution in [0.1, 0.15) is 30.8 Å². The third kappa shape index (κ3) is 2.69. The zero-order chi connectivity index (χ0) is 12.4. The van der Waals surface area contributed by atoms with Crippen molar-refractivity contribution in [1.29, 1.82) is 0 Å². The fraction of sp³-hybridized carbons (Fsp3) is 0.308. The largest absolute Gasteiger partial charge is 0.351 e. The van der Waals surface area contributed by atoms with Crippen LogP contribution in [-0.2, 0) is 0 Å². The Hall–Kier alpha value is -1.29. The van der Waals surface area contributed by atoms with E-state index in [4.69, 9.17) is 0 Å². The van der Waals surface area contributed by atoms with Gasteiger partial charge in [0.15, 0.2) is 0 Å². The van der Waals surface area contributed by atoms with Crippen molar-refractivity contribution in [3.8, 4) is 0 Å². The van der Waals surface area contributed by atoms with Crippen LogP contribution in [0.2, 0.25) is 0 Å². The smallest absolute Gasteiger partial charge is 0.267 e. The Morgan fingerprint density at radius 2 is 2.24 bits per heavy atom. The second-order valence-electron chi connectivity index (χ2n) is 4.20. The maximum Gasteiger partial charge on any atom is 0.267 e. The van der Waals surface area contributed by atoms with Crippen LogP contribution in [-0.4, -0.2) is 16.9 Å². The van der Waals surface area contributed by atoms with Crippen molar-refractivity contribution in [1.82, 2.24) is 10.3 Å². The zero-order valence-electron chi connectivity index (χ0n) is 9.88. The molecule has 0 radical (unpaired) electrons. The first-order valence-corrected chi connectivity index (χ1v) is 6.48. The number of hydrogen-bond acceptors (Lipinski definition) is 1. The quantitative estimate of drug-likeness (QED) is 0.895. The number of nitrogens with one attached hydrogen (secondary N) is 2. The van der Waals surface area contributed by atoms with Crippen molar-refractivity contribution in [2.24, 2.45) is 0 Å². The molecule has 2 N–H and O–H groups in total. The van der Waals surface area contributed by atoms with Gasteiger partial charge in [0.2, 0.25) is 0 Å². The van der Waals surface area contributed by atoms with E-state index in [1.165, 1.54) is 0 Å². The number of benzene rings is 1. The monoisotopic (exact) mass is 294 g/mol. The Morgan fingerprint density at radius 1 is 1.47 bits per heavy atom. The molecular weight excluding hydrogens is 280 g/mol. The third-order valence-electron chi connectivity index (χ3n) is 2.82. The Bertz CT molecular complexity index is 547. The molecule has 17 heavy (non-hydrogen) atoms. The van der Waals surface area contributed by atoms with Gasteiger partial charge in [0.25, 0.3) is 5.91 Å². The zero-order valence-corrected chi connectivity index (χ0v) is 11.5. The molecule has 0 aliphatic heterocycles. The Morgan fingerprint density at radius 3 is 2.94 bits per heavy atom. The molecule has 0 saturated heterocycles. The maximum absolute atomic E-state index is 11.9. The first-order valence-electron chi connectivity index (χ1n) is 5.69. The second kappa shape index (κ2) is 4.92. The molecule has 0 bridgehead atoms. The van der Waals surface area contributed by atoms with E-state index in [1.54, 1.807) is 0 Å². The van der Waals surface area contributed by atoms with Crippen molar-refractivity contribution in [2.45, 2.75) is 26.3 Å². The van der Waals surface area contributed by atoms with Gasteiger partial charge >= 0.3 is 0 Å². The molecule has 0 spiro atoms. The number of amides is 1. The Balaban J connectivity index is 2.27. The predicted octanol–water partition coefficient (Wildman–Crippen LogP) is 3.46. The molecule has 0 fully saturated rings. The van der Waals surface area contributed by atoms with Crippen LogP contribution >= 0.6 is 15.9 Å². The van der Waals surface area contributed by atoms with Crippen molar-refractivity contribution < 1.29 is 4.79 Å². The molecule has 2 aromatic rings. The second-order valence-corrected chi connectivity index (χ2v) is 5.11. The summed E-state index contributed by atoms with van der Waals surface area (Å²) in [6.07, 6.45) is 0.928. The van der Waals surface area contributed by atoms with Gasteiger partial charge in [0.05, 0.1) is 0 Å². The van der Waals surface area contributed by atoms with Crippen LogP contribution in [0.5, 0.6) is 0 Å². The summed E-state index contributed by atoms with van der Waals surface area (Å²) in [4.78, 5) is 15.0. The van der Waals surface area contributed by atoms with E-state index in [9.17, 15) is 4.79 Å². The van der Waals surface area contributed by atoms with Crippen LogP contribution < -0.4 is 5.32 Å². The lowest BCUT2D eigenvalue weighted by Gasteiger charge is -2.09. The van der Waals surface area contributed by atoms with Gasteiger partial charge in [-0.2, -0.15) is 0 Å². The first kappa shape index (κ1) is 12.2. The summed E-state index contributed by atoms with van der Waals surface area (Å²) in [6.45, 7) is 4.05. The van der Waals surface area contributed by atoms with Gasteiger partial charge in [-0.15, -0.1) is 0 Å². The van der Waals surface area contributed by atoms with E-state index in [0.717, 1.165) is 21.8 Å². The standard InChI is InChI=1S/C13H15BrN2O/c1-3-8(2)15-13(17)12-7-9-6-10(14)4-5-11(9)16-12/h4-8,16H,3H2,1-2H3,(H,15,17)/t8-/m1/s1. The van der Waals surface area contributed by atoms with Crippen LogP contribution in [0.4, 0.5) is 0 Å². The number of rotatable bonds is 3. The lowest BCUT2D eigenvalue weighted by molar-refractivity contribution is 0.0935. The number of carbonyl (C=O) groups excluding carboxylic acids is 1. The number of H-pyrrole nitrogens is 1. The van der Waals surface area contributed by atoms with Crippen LogP contribution in [0.3, 0.4) is 0 Å². The molecule has 1 aromatic heterocycles. The van der Waals surface area contributed by atoms with Crippen molar-refractivity contribution >= 4 is 32.7 Å². The highest BCUT2D eigenvalue weighted by atomic mass is 79.9. The van der Waals surface area contributed by atoms with E-state index in [2.05, 4.69) is 26.2 Å². The molecule has 0 aliphatic carbocycles. The number of carbonyl (C=O) groups is 1. The molecule has 2 rings (SSSR count). The molecule has 0 unspecified atom stereocenters. The van der Waals surface area contributed by atoms with Gasteiger partial charge in [-0.3, -0.25) is 4.79 Å². The lowest BCUT2D eigenvalue weighted by Crippen LogP contribution is -2.32. The molecular formula is C13H15BrN2O. The maximum atomic E-state index is 11.9. The van der Waals surface area contributed by atoms with E-state index in [-0.39, 0.29) is 11.9 Å². The van der Waals surface area contributed by atoms with Gasteiger partial charge < -0.3 is 10.3 Å². The number of aromatic amines is 1. The average Bonchev–Trinajstić information content (AvgIpc) is 2.71. The van der Waals surface area contributed by atoms with Gasteiger partial charge in [0, 0.05) is 21.4 Å². The van der Waals surface area contributed by atoms with E-state index >= 15 is 0 Å². The molecule has 0 aliphatic rings. The third-order valence-corrected chi connectivity index (χ3v) is 3.31. The van der Waals surface area contributed by atoms with E-state index < -0.39 is 0 Å². The van der Waals surface area contributed by atoms with E-state index in [1.807, 2.05) is 38.1 Å². The molecule has 90 valence electrons. The van der Waals surface area contributed by atoms with Crippen molar-refractivity contribution in [3.05, 3.63) is 34.4 Å². The average molecular weight is 295 g/mol. The molecule has 1 heterocycles. The fourth-order valence-electron chi connectivity index (χ4n) is 1.63.